The van der Waals surface area contributed by atoms with Gasteiger partial charge in [0.1, 0.15) is 0 Å². The average Bonchev–Trinajstić information content (AvgIpc) is 2.39. The number of hydrogen-bond acceptors (Lipinski definition) is 1. The Kier molecular flexibility index (Phi) is 4.12. The first-order valence-corrected chi connectivity index (χ1v) is 7.12. The minimum Gasteiger partial charge on any atom is -0.377 e. The predicted molar refractivity (Wildman–Crippen MR) is 85.2 cm³/mol. The van der Waals surface area contributed by atoms with Crippen LogP contribution in [0.2, 0.25) is 0 Å². The molecule has 1 aromatic carbocycles. The van der Waals surface area contributed by atoms with Gasteiger partial charge in [-0.2, -0.15) is 0 Å². The Labute approximate surface area is 122 Å². The molecule has 106 valence electrons. The Hall–Kier alpha value is -1.83. The number of nitrogens with zero attached hydrogens (tertiary/aromatic N) is 2. The van der Waals surface area contributed by atoms with Gasteiger partial charge in [0.05, 0.1) is 0 Å². The lowest BCUT2D eigenvalue weighted by molar-refractivity contribution is -0.688. The normalized spacial score (nSPS) is 11.4. The van der Waals surface area contributed by atoms with Gasteiger partial charge in [-0.05, 0) is 11.0 Å². The first-order valence-electron chi connectivity index (χ1n) is 7.12. The lowest BCUT2D eigenvalue weighted by atomic mass is 9.87. The molecule has 0 aliphatic rings. The molecule has 2 rings (SSSR count). The van der Waals surface area contributed by atoms with Crippen molar-refractivity contribution in [2.75, 3.05) is 19.0 Å². The largest absolute Gasteiger partial charge is 0.377 e. The fourth-order valence-electron chi connectivity index (χ4n) is 2.17. The van der Waals surface area contributed by atoms with E-state index in [9.17, 15) is 0 Å². The first-order chi connectivity index (χ1) is 9.36. The Morgan fingerprint density at radius 3 is 1.90 bits per heavy atom. The average molecular weight is 269 g/mol. The van der Waals surface area contributed by atoms with Crippen molar-refractivity contribution in [3.63, 3.8) is 0 Å². The van der Waals surface area contributed by atoms with Gasteiger partial charge in [0, 0.05) is 37.5 Å². The molecule has 0 atom stereocenters. The second-order valence-electron chi connectivity index (χ2n) is 6.57. The summed E-state index contributed by atoms with van der Waals surface area (Å²) in [5, 5.41) is 0. The third-order valence-corrected chi connectivity index (χ3v) is 3.58. The molecule has 0 saturated heterocycles. The molecule has 1 aromatic heterocycles. The van der Waals surface area contributed by atoms with Crippen molar-refractivity contribution < 1.29 is 4.57 Å². The molecule has 0 saturated carbocycles. The van der Waals surface area contributed by atoms with Crippen LogP contribution in [0.1, 0.15) is 31.9 Å². The summed E-state index contributed by atoms with van der Waals surface area (Å²) in [6, 6.07) is 13.2. The number of hydrogen-bond donors (Lipinski definition) is 0. The second-order valence-corrected chi connectivity index (χ2v) is 6.57. The van der Waals surface area contributed by atoms with Crippen molar-refractivity contribution >= 4 is 5.69 Å². The van der Waals surface area contributed by atoms with Gasteiger partial charge in [0.2, 0.25) is 0 Å². The SMILES string of the molecule is CN(C)c1cc[n+](Cc2ccc(C(C)(C)C)cc2)cc1. The van der Waals surface area contributed by atoms with Crippen molar-refractivity contribution in [1.82, 2.24) is 0 Å². The molecule has 0 unspecified atom stereocenters. The third-order valence-electron chi connectivity index (χ3n) is 3.58. The Morgan fingerprint density at radius 2 is 1.45 bits per heavy atom. The fourth-order valence-corrected chi connectivity index (χ4v) is 2.17. The van der Waals surface area contributed by atoms with Crippen LogP contribution >= 0.6 is 0 Å². The summed E-state index contributed by atoms with van der Waals surface area (Å²) in [6.45, 7) is 7.66. The number of aromatic nitrogens is 1. The molecule has 0 aliphatic carbocycles. The summed E-state index contributed by atoms with van der Waals surface area (Å²) < 4.78 is 2.21. The quantitative estimate of drug-likeness (QED) is 0.775. The van der Waals surface area contributed by atoms with Crippen LogP contribution in [0.15, 0.2) is 48.8 Å². The fraction of sp³-hybridized carbons (Fsp3) is 0.389. The highest BCUT2D eigenvalue weighted by atomic mass is 15.1. The number of anilines is 1. The lowest BCUT2D eigenvalue weighted by Crippen LogP contribution is -2.33. The topological polar surface area (TPSA) is 7.12 Å². The molecular weight excluding hydrogens is 244 g/mol. The first kappa shape index (κ1) is 14.6. The minimum absolute atomic E-state index is 0.221. The Bertz CT molecular complexity index is 545. The van der Waals surface area contributed by atoms with Crippen molar-refractivity contribution in [2.45, 2.75) is 32.7 Å². The van der Waals surface area contributed by atoms with Gasteiger partial charge < -0.3 is 4.90 Å². The van der Waals surface area contributed by atoms with Crippen LogP contribution in [-0.2, 0) is 12.0 Å². The summed E-state index contributed by atoms with van der Waals surface area (Å²) in [5.74, 6) is 0. The van der Waals surface area contributed by atoms with E-state index in [1.165, 1.54) is 16.8 Å². The zero-order valence-corrected chi connectivity index (χ0v) is 13.2. The Morgan fingerprint density at radius 1 is 0.900 bits per heavy atom. The third kappa shape index (κ3) is 3.60. The number of pyridine rings is 1. The van der Waals surface area contributed by atoms with E-state index in [4.69, 9.17) is 0 Å². The van der Waals surface area contributed by atoms with E-state index >= 15 is 0 Å². The molecule has 0 aliphatic heterocycles. The molecule has 2 aromatic rings. The van der Waals surface area contributed by atoms with Crippen molar-refractivity contribution in [3.05, 3.63) is 59.9 Å². The van der Waals surface area contributed by atoms with E-state index in [0.717, 1.165) is 6.54 Å². The summed E-state index contributed by atoms with van der Waals surface area (Å²) in [6.07, 6.45) is 4.26. The second kappa shape index (κ2) is 5.66. The number of rotatable bonds is 3. The predicted octanol–water partition coefficient (Wildman–Crippen LogP) is 3.39. The molecule has 20 heavy (non-hydrogen) atoms. The zero-order valence-electron chi connectivity index (χ0n) is 13.2. The maximum absolute atomic E-state index is 2.25. The van der Waals surface area contributed by atoms with Crippen LogP contribution in [0.5, 0.6) is 0 Å². The van der Waals surface area contributed by atoms with Crippen LogP contribution in [0.4, 0.5) is 5.69 Å². The van der Waals surface area contributed by atoms with Crippen LogP contribution in [0, 0.1) is 0 Å². The van der Waals surface area contributed by atoms with Crippen LogP contribution in [0.25, 0.3) is 0 Å². The Balaban J connectivity index is 2.10. The van der Waals surface area contributed by atoms with Crippen molar-refractivity contribution in [2.24, 2.45) is 0 Å². The molecule has 0 bridgehead atoms. The summed E-state index contributed by atoms with van der Waals surface area (Å²) in [4.78, 5) is 2.11. The van der Waals surface area contributed by atoms with Gasteiger partial charge in [-0.15, -0.1) is 0 Å². The smallest absolute Gasteiger partial charge is 0.173 e. The molecule has 0 fully saturated rings. The molecule has 0 radical (unpaired) electrons. The highest BCUT2D eigenvalue weighted by molar-refractivity contribution is 5.41. The molecule has 2 heteroatoms. The van der Waals surface area contributed by atoms with Gasteiger partial charge >= 0.3 is 0 Å². The summed E-state index contributed by atoms with van der Waals surface area (Å²) in [5.41, 5.74) is 4.16. The van der Waals surface area contributed by atoms with E-state index in [2.05, 4.69) is 93.1 Å². The highest BCUT2D eigenvalue weighted by Crippen LogP contribution is 2.22. The minimum atomic E-state index is 0.221. The maximum Gasteiger partial charge on any atom is 0.173 e. The maximum atomic E-state index is 2.25. The van der Waals surface area contributed by atoms with E-state index in [1.54, 1.807) is 0 Å². The lowest BCUT2D eigenvalue weighted by Gasteiger charge is -2.18. The van der Waals surface area contributed by atoms with E-state index in [-0.39, 0.29) is 5.41 Å². The summed E-state index contributed by atoms with van der Waals surface area (Å²) in [7, 11) is 4.12. The molecule has 0 spiro atoms. The molecule has 0 amide bonds. The molecular formula is C18H25N2+. The molecule has 0 N–H and O–H groups in total. The summed E-state index contributed by atoms with van der Waals surface area (Å²) >= 11 is 0. The van der Waals surface area contributed by atoms with Gasteiger partial charge in [0.25, 0.3) is 0 Å². The standard InChI is InChI=1S/C18H25N2/c1-18(2,3)16-8-6-15(7-9-16)14-20-12-10-17(11-13-20)19(4)5/h6-13H,14H2,1-5H3/q+1. The van der Waals surface area contributed by atoms with E-state index in [0.29, 0.717) is 0 Å². The van der Waals surface area contributed by atoms with Gasteiger partial charge in [-0.3, -0.25) is 0 Å². The number of benzene rings is 1. The van der Waals surface area contributed by atoms with E-state index < -0.39 is 0 Å². The van der Waals surface area contributed by atoms with Crippen molar-refractivity contribution in [3.8, 4) is 0 Å². The van der Waals surface area contributed by atoms with Crippen molar-refractivity contribution in [1.29, 1.82) is 0 Å². The van der Waals surface area contributed by atoms with Gasteiger partial charge in [0.15, 0.2) is 18.9 Å². The van der Waals surface area contributed by atoms with Crippen LogP contribution in [0.3, 0.4) is 0 Å². The molecule has 1 heterocycles. The van der Waals surface area contributed by atoms with Crippen LogP contribution < -0.4 is 9.47 Å². The van der Waals surface area contributed by atoms with Gasteiger partial charge in [-0.1, -0.05) is 45.0 Å². The van der Waals surface area contributed by atoms with Crippen LogP contribution in [-0.4, -0.2) is 14.1 Å². The van der Waals surface area contributed by atoms with Gasteiger partial charge in [-0.25, -0.2) is 4.57 Å². The monoisotopic (exact) mass is 269 g/mol. The van der Waals surface area contributed by atoms with E-state index in [1.807, 2.05) is 0 Å². The highest BCUT2D eigenvalue weighted by Gasteiger charge is 2.13. The zero-order chi connectivity index (χ0) is 14.8. The molecule has 2 nitrogen and oxygen atoms in total.